The maximum Gasteiger partial charge on any atom is 0.239 e. The number of aliphatic hydroxyl groups is 1. The number of sulfonamides is 1. The molecule has 1 rings (SSSR count). The molecule has 0 aliphatic carbocycles. The molecule has 0 aromatic heterocycles. The minimum atomic E-state index is -3.57. The molecule has 1 atom stereocenters. The van der Waals surface area contributed by atoms with Crippen molar-refractivity contribution in [3.63, 3.8) is 0 Å². The zero-order valence-electron chi connectivity index (χ0n) is 10.1. The van der Waals surface area contributed by atoms with E-state index in [2.05, 4.69) is 0 Å². The number of methoxy groups -OCH3 is 1. The summed E-state index contributed by atoms with van der Waals surface area (Å²) in [5, 5.41) is 8.11. The van der Waals surface area contributed by atoms with Crippen LogP contribution in [0.2, 0.25) is 0 Å². The number of para-hydroxylation sites is 2. The average molecular weight is 259 g/mol. The smallest absolute Gasteiger partial charge is 0.239 e. The van der Waals surface area contributed by atoms with Crippen molar-refractivity contribution in [2.45, 2.75) is 12.2 Å². The quantitative estimate of drug-likeness (QED) is 0.851. The molecule has 0 radical (unpaired) electrons. The van der Waals surface area contributed by atoms with E-state index in [9.17, 15) is 8.42 Å². The van der Waals surface area contributed by atoms with Gasteiger partial charge in [0.1, 0.15) is 11.0 Å². The van der Waals surface area contributed by atoms with Crippen molar-refractivity contribution in [2.24, 2.45) is 0 Å². The molecule has 1 N–H and O–H groups in total. The number of benzene rings is 1. The van der Waals surface area contributed by atoms with Crippen molar-refractivity contribution in [3.8, 4) is 5.75 Å². The molecule has 17 heavy (non-hydrogen) atoms. The Balaban J connectivity index is 3.16. The maximum absolute atomic E-state index is 12.0. The van der Waals surface area contributed by atoms with Gasteiger partial charge in [-0.2, -0.15) is 0 Å². The zero-order valence-corrected chi connectivity index (χ0v) is 10.9. The lowest BCUT2D eigenvalue weighted by Gasteiger charge is -2.24. The van der Waals surface area contributed by atoms with Gasteiger partial charge in [-0.15, -0.1) is 0 Å². The van der Waals surface area contributed by atoms with Crippen molar-refractivity contribution in [1.82, 2.24) is 0 Å². The van der Waals surface area contributed by atoms with Gasteiger partial charge in [0.25, 0.3) is 0 Å². The Morgan fingerprint density at radius 3 is 2.53 bits per heavy atom. The molecule has 1 aromatic rings. The summed E-state index contributed by atoms with van der Waals surface area (Å²) in [4.78, 5) is 0. The third kappa shape index (κ3) is 2.70. The van der Waals surface area contributed by atoms with Gasteiger partial charge < -0.3 is 9.84 Å². The summed E-state index contributed by atoms with van der Waals surface area (Å²) in [6.45, 7) is 1.04. The van der Waals surface area contributed by atoms with E-state index in [4.69, 9.17) is 9.84 Å². The third-order valence-corrected chi connectivity index (χ3v) is 4.70. The number of rotatable bonds is 5. The molecule has 0 fully saturated rings. The minimum absolute atomic E-state index is 0.415. The van der Waals surface area contributed by atoms with Crippen LogP contribution < -0.4 is 9.04 Å². The second-order valence-corrected chi connectivity index (χ2v) is 6.06. The van der Waals surface area contributed by atoms with Gasteiger partial charge >= 0.3 is 0 Å². The summed E-state index contributed by atoms with van der Waals surface area (Å²) in [5.74, 6) is 0.476. The van der Waals surface area contributed by atoms with Gasteiger partial charge in [-0.25, -0.2) is 8.42 Å². The van der Waals surface area contributed by atoms with Crippen LogP contribution in [-0.4, -0.2) is 39.5 Å². The second-order valence-electron chi connectivity index (χ2n) is 3.68. The van der Waals surface area contributed by atoms with Crippen LogP contribution in [0.4, 0.5) is 5.69 Å². The summed E-state index contributed by atoms with van der Waals surface area (Å²) in [7, 11) is -0.647. The molecule has 0 amide bonds. The summed E-state index contributed by atoms with van der Waals surface area (Å²) in [5.41, 5.74) is 0.454. The summed E-state index contributed by atoms with van der Waals surface area (Å²) in [6.07, 6.45) is 0. The largest absolute Gasteiger partial charge is 0.495 e. The highest BCUT2D eigenvalue weighted by atomic mass is 32.2. The van der Waals surface area contributed by atoms with Crippen LogP contribution in [0, 0.1) is 0 Å². The molecule has 0 bridgehead atoms. The molecule has 0 saturated heterocycles. The molecule has 0 aliphatic rings. The molecule has 1 aromatic carbocycles. The highest BCUT2D eigenvalue weighted by Crippen LogP contribution is 2.29. The first kappa shape index (κ1) is 13.8. The van der Waals surface area contributed by atoms with Gasteiger partial charge in [-0.05, 0) is 19.1 Å². The molecule has 5 nitrogen and oxygen atoms in total. The lowest BCUT2D eigenvalue weighted by molar-refractivity contribution is 0.295. The van der Waals surface area contributed by atoms with Crippen LogP contribution >= 0.6 is 0 Å². The van der Waals surface area contributed by atoms with Crippen LogP contribution in [-0.2, 0) is 10.0 Å². The SMILES string of the molecule is COc1ccccc1N(C)S(=O)(=O)C(C)CO. The van der Waals surface area contributed by atoms with E-state index in [0.29, 0.717) is 11.4 Å². The molecule has 96 valence electrons. The van der Waals surface area contributed by atoms with Crippen molar-refractivity contribution < 1.29 is 18.3 Å². The Morgan fingerprint density at radius 1 is 1.41 bits per heavy atom. The Bertz CT molecular complexity index is 472. The van der Waals surface area contributed by atoms with Crippen LogP contribution in [0.15, 0.2) is 24.3 Å². The van der Waals surface area contributed by atoms with Crippen LogP contribution in [0.1, 0.15) is 6.92 Å². The van der Waals surface area contributed by atoms with E-state index in [0.717, 1.165) is 4.31 Å². The van der Waals surface area contributed by atoms with Gasteiger partial charge in [0.2, 0.25) is 10.0 Å². The number of anilines is 1. The van der Waals surface area contributed by atoms with Crippen molar-refractivity contribution in [1.29, 1.82) is 0 Å². The second kappa shape index (κ2) is 5.37. The minimum Gasteiger partial charge on any atom is -0.495 e. The first-order valence-electron chi connectivity index (χ1n) is 5.16. The van der Waals surface area contributed by atoms with E-state index in [-0.39, 0.29) is 0 Å². The topological polar surface area (TPSA) is 66.8 Å². The Kier molecular flexibility index (Phi) is 4.36. The van der Waals surface area contributed by atoms with E-state index >= 15 is 0 Å². The molecule has 0 aliphatic heterocycles. The molecular formula is C11H17NO4S. The molecule has 0 heterocycles. The molecule has 1 unspecified atom stereocenters. The van der Waals surface area contributed by atoms with Gasteiger partial charge in [-0.3, -0.25) is 4.31 Å². The summed E-state index contributed by atoms with van der Waals surface area (Å²) >= 11 is 0. The lowest BCUT2D eigenvalue weighted by atomic mass is 10.3. The fourth-order valence-corrected chi connectivity index (χ4v) is 2.54. The maximum atomic E-state index is 12.0. The first-order chi connectivity index (χ1) is 7.95. The average Bonchev–Trinajstić information content (AvgIpc) is 2.36. The predicted octanol–water partition coefficient (Wildman–Crippen LogP) is 0.842. The first-order valence-corrected chi connectivity index (χ1v) is 6.67. The zero-order chi connectivity index (χ0) is 13.1. The fraction of sp³-hybridized carbons (Fsp3) is 0.455. The third-order valence-electron chi connectivity index (χ3n) is 2.57. The van der Waals surface area contributed by atoms with Crippen LogP contribution in [0.5, 0.6) is 5.75 Å². The Labute approximate surface area is 102 Å². The van der Waals surface area contributed by atoms with E-state index in [1.165, 1.54) is 21.1 Å². The van der Waals surface area contributed by atoms with Crippen molar-refractivity contribution in [2.75, 3.05) is 25.1 Å². The highest BCUT2D eigenvalue weighted by Gasteiger charge is 2.27. The van der Waals surface area contributed by atoms with Crippen molar-refractivity contribution >= 4 is 15.7 Å². The summed E-state index contributed by atoms with van der Waals surface area (Å²) < 4.78 is 30.3. The monoisotopic (exact) mass is 259 g/mol. The Hall–Kier alpha value is -1.27. The number of ether oxygens (including phenoxy) is 1. The summed E-state index contributed by atoms with van der Waals surface area (Å²) in [6, 6.07) is 6.83. The predicted molar refractivity (Wildman–Crippen MR) is 66.9 cm³/mol. The van der Waals surface area contributed by atoms with Gasteiger partial charge in [0.15, 0.2) is 0 Å². The highest BCUT2D eigenvalue weighted by molar-refractivity contribution is 7.93. The molecule has 6 heteroatoms. The molecule has 0 saturated carbocycles. The lowest BCUT2D eigenvalue weighted by Crippen LogP contribution is -2.36. The standard InChI is InChI=1S/C11H17NO4S/c1-9(8-13)17(14,15)12(2)10-6-4-5-7-11(10)16-3/h4-7,9,13H,8H2,1-3H3. The van der Waals surface area contributed by atoms with Gasteiger partial charge in [0, 0.05) is 7.05 Å². The number of nitrogens with zero attached hydrogens (tertiary/aromatic N) is 1. The fourth-order valence-electron chi connectivity index (χ4n) is 1.39. The number of hydrogen-bond donors (Lipinski definition) is 1. The van der Waals surface area contributed by atoms with E-state index in [1.54, 1.807) is 24.3 Å². The van der Waals surface area contributed by atoms with Gasteiger partial charge in [0.05, 0.1) is 19.4 Å². The van der Waals surface area contributed by atoms with E-state index in [1.807, 2.05) is 0 Å². The molecular weight excluding hydrogens is 242 g/mol. The molecule has 0 spiro atoms. The van der Waals surface area contributed by atoms with Gasteiger partial charge in [-0.1, -0.05) is 12.1 Å². The van der Waals surface area contributed by atoms with Crippen molar-refractivity contribution in [3.05, 3.63) is 24.3 Å². The van der Waals surface area contributed by atoms with Crippen LogP contribution in [0.3, 0.4) is 0 Å². The normalized spacial score (nSPS) is 13.2. The van der Waals surface area contributed by atoms with E-state index < -0.39 is 21.9 Å². The number of hydrogen-bond acceptors (Lipinski definition) is 4. The number of aliphatic hydroxyl groups excluding tert-OH is 1. The van der Waals surface area contributed by atoms with Crippen LogP contribution in [0.25, 0.3) is 0 Å². The Morgan fingerprint density at radius 2 is 2.00 bits per heavy atom.